The Morgan fingerprint density at radius 2 is 1.68 bits per heavy atom. The summed E-state index contributed by atoms with van der Waals surface area (Å²) in [5.41, 5.74) is 0. The quantitative estimate of drug-likeness (QED) is 0.696. The van der Waals surface area contributed by atoms with E-state index in [1.54, 1.807) is 23.1 Å². The van der Waals surface area contributed by atoms with E-state index in [0.29, 0.717) is 70.5 Å². The van der Waals surface area contributed by atoms with Crippen LogP contribution in [0.25, 0.3) is 0 Å². The number of carbonyl (C=O) groups excluding carboxylic acids is 1. The lowest BCUT2D eigenvalue weighted by Crippen LogP contribution is -2.51. The Kier molecular flexibility index (Phi) is 6.79. The van der Waals surface area contributed by atoms with E-state index in [1.165, 1.54) is 4.31 Å². The summed E-state index contributed by atoms with van der Waals surface area (Å²) in [5, 5.41) is 0. The Morgan fingerprint density at radius 3 is 2.32 bits per heavy atom. The van der Waals surface area contributed by atoms with Crippen LogP contribution in [0, 0.1) is 0 Å². The van der Waals surface area contributed by atoms with Gasteiger partial charge in [-0.15, -0.1) is 0 Å². The molecular formula is C19H29N3O5S. The highest BCUT2D eigenvalue weighted by Gasteiger charge is 2.30. The minimum absolute atomic E-state index is 0.0872. The maximum atomic E-state index is 13.0. The molecule has 28 heavy (non-hydrogen) atoms. The molecule has 0 N–H and O–H groups in total. The molecule has 9 heteroatoms. The molecule has 1 aromatic carbocycles. The van der Waals surface area contributed by atoms with Gasteiger partial charge in [-0.1, -0.05) is 0 Å². The molecule has 2 aliphatic rings. The van der Waals surface area contributed by atoms with Crippen molar-refractivity contribution in [2.75, 3.05) is 59.0 Å². The van der Waals surface area contributed by atoms with Gasteiger partial charge in [0.05, 0.1) is 24.7 Å². The van der Waals surface area contributed by atoms with Gasteiger partial charge in [0.15, 0.2) is 11.5 Å². The average Bonchev–Trinajstić information content (AvgIpc) is 2.94. The molecule has 0 bridgehead atoms. The second-order valence-corrected chi connectivity index (χ2v) is 8.84. The number of carbonyl (C=O) groups is 1. The van der Waals surface area contributed by atoms with Gasteiger partial charge in [0.1, 0.15) is 0 Å². The zero-order valence-corrected chi connectivity index (χ0v) is 17.4. The van der Waals surface area contributed by atoms with Crippen molar-refractivity contribution >= 4 is 15.9 Å². The van der Waals surface area contributed by atoms with E-state index < -0.39 is 10.0 Å². The van der Waals surface area contributed by atoms with Crippen LogP contribution in [-0.4, -0.2) is 87.5 Å². The molecule has 1 aromatic rings. The highest BCUT2D eigenvalue weighted by atomic mass is 32.2. The second-order valence-electron chi connectivity index (χ2n) is 6.91. The number of ether oxygens (including phenoxy) is 2. The number of rotatable bonds is 6. The predicted octanol–water partition coefficient (Wildman–Crippen LogP) is 1.02. The van der Waals surface area contributed by atoms with Gasteiger partial charge in [0, 0.05) is 51.8 Å². The smallest absolute Gasteiger partial charge is 0.243 e. The predicted molar refractivity (Wildman–Crippen MR) is 105 cm³/mol. The van der Waals surface area contributed by atoms with Crippen LogP contribution in [0.5, 0.6) is 11.5 Å². The second kappa shape index (κ2) is 9.11. The first-order valence-electron chi connectivity index (χ1n) is 9.85. The van der Waals surface area contributed by atoms with Crippen molar-refractivity contribution in [1.82, 2.24) is 14.1 Å². The summed E-state index contributed by atoms with van der Waals surface area (Å²) >= 11 is 0. The van der Waals surface area contributed by atoms with Crippen LogP contribution < -0.4 is 9.47 Å². The fraction of sp³-hybridized carbons (Fsp3) is 0.632. The van der Waals surface area contributed by atoms with Gasteiger partial charge in [0.25, 0.3) is 0 Å². The Balaban J connectivity index is 1.63. The molecule has 8 nitrogen and oxygen atoms in total. The van der Waals surface area contributed by atoms with E-state index in [9.17, 15) is 13.2 Å². The fourth-order valence-corrected chi connectivity index (χ4v) is 4.89. The molecule has 3 rings (SSSR count). The van der Waals surface area contributed by atoms with Gasteiger partial charge in [-0.2, -0.15) is 4.31 Å². The molecule has 0 radical (unpaired) electrons. The molecule has 2 aliphatic heterocycles. The third kappa shape index (κ3) is 4.59. The number of nitrogens with zero attached hydrogens (tertiary/aromatic N) is 3. The van der Waals surface area contributed by atoms with E-state index in [4.69, 9.17) is 9.47 Å². The molecule has 0 aliphatic carbocycles. The fourth-order valence-electron chi connectivity index (χ4n) is 3.45. The Labute approximate surface area is 167 Å². The number of hydrogen-bond donors (Lipinski definition) is 0. The summed E-state index contributed by atoms with van der Waals surface area (Å²) < 4.78 is 38.7. The van der Waals surface area contributed by atoms with Crippen LogP contribution in [0.1, 0.15) is 20.3 Å². The summed E-state index contributed by atoms with van der Waals surface area (Å²) in [5.74, 6) is 1.14. The monoisotopic (exact) mass is 411 g/mol. The number of sulfonamides is 1. The largest absolute Gasteiger partial charge is 0.490 e. The SMILES string of the molecule is CCN(CC)C(=O)CN1CCN(S(=O)(=O)c2ccc3c(c2)OCCCO3)CC1. The van der Waals surface area contributed by atoms with Crippen LogP contribution in [0.15, 0.2) is 23.1 Å². The minimum atomic E-state index is -3.61. The zero-order chi connectivity index (χ0) is 20.1. The lowest BCUT2D eigenvalue weighted by molar-refractivity contribution is -0.132. The Hall–Kier alpha value is -1.84. The molecule has 1 amide bonds. The lowest BCUT2D eigenvalue weighted by atomic mass is 10.3. The van der Waals surface area contributed by atoms with Crippen LogP contribution in [0.4, 0.5) is 0 Å². The van der Waals surface area contributed by atoms with Crippen molar-refractivity contribution in [3.8, 4) is 11.5 Å². The van der Waals surface area contributed by atoms with Gasteiger partial charge in [-0.05, 0) is 26.0 Å². The van der Waals surface area contributed by atoms with Gasteiger partial charge in [-0.3, -0.25) is 9.69 Å². The summed E-state index contributed by atoms with van der Waals surface area (Å²) in [6.07, 6.45) is 0.769. The molecule has 2 heterocycles. The molecule has 0 aromatic heterocycles. The molecule has 0 spiro atoms. The third-order valence-corrected chi connectivity index (χ3v) is 7.06. The van der Waals surface area contributed by atoms with Crippen LogP contribution in [0.2, 0.25) is 0 Å². The third-order valence-electron chi connectivity index (χ3n) is 5.16. The topological polar surface area (TPSA) is 79.4 Å². The van der Waals surface area contributed by atoms with Crippen molar-refractivity contribution in [3.63, 3.8) is 0 Å². The van der Waals surface area contributed by atoms with E-state index >= 15 is 0 Å². The molecule has 0 saturated carbocycles. The Bertz CT molecular complexity index is 787. The summed E-state index contributed by atoms with van der Waals surface area (Å²) in [6.45, 7) is 8.50. The summed E-state index contributed by atoms with van der Waals surface area (Å²) in [6, 6.07) is 4.78. The first kappa shape index (κ1) is 20.9. The minimum Gasteiger partial charge on any atom is -0.490 e. The van der Waals surface area contributed by atoms with Crippen LogP contribution >= 0.6 is 0 Å². The number of likely N-dealkylation sites (N-methyl/N-ethyl adjacent to an activating group) is 1. The molecule has 156 valence electrons. The average molecular weight is 412 g/mol. The number of benzene rings is 1. The first-order valence-corrected chi connectivity index (χ1v) is 11.3. The molecule has 1 saturated heterocycles. The maximum absolute atomic E-state index is 13.0. The highest BCUT2D eigenvalue weighted by Crippen LogP contribution is 2.33. The van der Waals surface area contributed by atoms with Gasteiger partial charge < -0.3 is 14.4 Å². The standard InChI is InChI=1S/C19H29N3O5S/c1-3-21(4-2)19(23)15-20-8-10-22(11-9-20)28(24,25)16-6-7-17-18(14-16)27-13-5-12-26-17/h6-7,14H,3-5,8-13,15H2,1-2H3. The Morgan fingerprint density at radius 1 is 1.04 bits per heavy atom. The highest BCUT2D eigenvalue weighted by molar-refractivity contribution is 7.89. The first-order chi connectivity index (χ1) is 13.5. The van der Waals surface area contributed by atoms with Crippen molar-refractivity contribution in [3.05, 3.63) is 18.2 Å². The number of fused-ring (bicyclic) bond motifs is 1. The van der Waals surface area contributed by atoms with Gasteiger partial charge in [0.2, 0.25) is 15.9 Å². The van der Waals surface area contributed by atoms with Crippen LogP contribution in [0.3, 0.4) is 0 Å². The van der Waals surface area contributed by atoms with Gasteiger partial charge >= 0.3 is 0 Å². The summed E-state index contributed by atoms with van der Waals surface area (Å²) in [7, 11) is -3.61. The molecule has 0 atom stereocenters. The lowest BCUT2D eigenvalue weighted by Gasteiger charge is -2.34. The van der Waals surface area contributed by atoms with Gasteiger partial charge in [-0.25, -0.2) is 8.42 Å². The number of amides is 1. The van der Waals surface area contributed by atoms with Crippen molar-refractivity contribution in [2.45, 2.75) is 25.2 Å². The van der Waals surface area contributed by atoms with E-state index in [2.05, 4.69) is 0 Å². The van der Waals surface area contributed by atoms with E-state index in [0.717, 1.165) is 6.42 Å². The molecular weight excluding hydrogens is 382 g/mol. The van der Waals surface area contributed by atoms with E-state index in [-0.39, 0.29) is 10.8 Å². The van der Waals surface area contributed by atoms with Crippen molar-refractivity contribution < 1.29 is 22.7 Å². The maximum Gasteiger partial charge on any atom is 0.243 e. The van der Waals surface area contributed by atoms with E-state index in [1.807, 2.05) is 18.7 Å². The van der Waals surface area contributed by atoms with Crippen molar-refractivity contribution in [1.29, 1.82) is 0 Å². The molecule has 1 fully saturated rings. The van der Waals surface area contributed by atoms with Crippen LogP contribution in [-0.2, 0) is 14.8 Å². The normalized spacial score (nSPS) is 18.5. The summed E-state index contributed by atoms with van der Waals surface area (Å²) in [4.78, 5) is 16.3. The van der Waals surface area contributed by atoms with Crippen molar-refractivity contribution in [2.24, 2.45) is 0 Å². The zero-order valence-electron chi connectivity index (χ0n) is 16.6. The number of piperazine rings is 1. The number of hydrogen-bond acceptors (Lipinski definition) is 6. The molecule has 0 unspecified atom stereocenters.